The summed E-state index contributed by atoms with van der Waals surface area (Å²) >= 11 is 7.10. The number of benzene rings is 4. The predicted octanol–water partition coefficient (Wildman–Crippen LogP) is 8.30. The van der Waals surface area contributed by atoms with Crippen molar-refractivity contribution in [3.05, 3.63) is 105 Å². The third kappa shape index (κ3) is 7.06. The molecular formula is C33H28ClF3N2O3S. The van der Waals surface area contributed by atoms with Crippen LogP contribution < -0.4 is 5.56 Å². The number of nitrogens with one attached hydrogen (secondary N) is 1. The number of thioether (sulfide) groups is 1. The molecule has 5 nitrogen and oxygen atoms in total. The summed E-state index contributed by atoms with van der Waals surface area (Å²) in [5, 5.41) is 13.3. The zero-order chi connectivity index (χ0) is 30.7. The van der Waals surface area contributed by atoms with E-state index < -0.39 is 17.3 Å². The van der Waals surface area contributed by atoms with Gasteiger partial charge in [0.2, 0.25) is 0 Å². The number of carbonyl (C=O) groups is 1. The van der Waals surface area contributed by atoms with Crippen LogP contribution in [0.5, 0.6) is 5.75 Å². The third-order valence-electron chi connectivity index (χ3n) is 7.22. The van der Waals surface area contributed by atoms with Gasteiger partial charge in [-0.3, -0.25) is 9.59 Å². The SMILES string of the molecule is CN(CCCC(=O)CSc1c(-c2cc(Cl)ccc2O)c2cc(C(F)(F)F)ccc2[nH]c1=O)Cc1cccc2ccccc12. The molecule has 0 spiro atoms. The van der Waals surface area contributed by atoms with Gasteiger partial charge in [-0.2, -0.15) is 13.2 Å². The fraction of sp³-hybridized carbons (Fsp3) is 0.212. The van der Waals surface area contributed by atoms with E-state index in [1.54, 1.807) is 0 Å². The van der Waals surface area contributed by atoms with E-state index in [9.17, 15) is 27.9 Å². The Morgan fingerprint density at radius 3 is 2.56 bits per heavy atom. The molecule has 0 bridgehead atoms. The Morgan fingerprint density at radius 2 is 1.77 bits per heavy atom. The molecule has 4 aromatic carbocycles. The van der Waals surface area contributed by atoms with Crippen LogP contribution in [0, 0.1) is 0 Å². The average Bonchev–Trinajstić information content (AvgIpc) is 2.96. The smallest absolute Gasteiger partial charge is 0.416 e. The molecule has 222 valence electrons. The van der Waals surface area contributed by atoms with Gasteiger partial charge in [-0.1, -0.05) is 54.1 Å². The van der Waals surface area contributed by atoms with Crippen molar-refractivity contribution in [1.29, 1.82) is 0 Å². The highest BCUT2D eigenvalue weighted by Crippen LogP contribution is 2.42. The number of alkyl halides is 3. The summed E-state index contributed by atoms with van der Waals surface area (Å²) in [4.78, 5) is 30.8. The van der Waals surface area contributed by atoms with Crippen LogP contribution in [0.25, 0.3) is 32.8 Å². The van der Waals surface area contributed by atoms with Crippen molar-refractivity contribution in [2.45, 2.75) is 30.5 Å². The standard InChI is InChI=1S/C33H28ClF3N2O3S/c1-39(18-21-8-4-7-20-6-2-3-10-25(20)21)15-5-9-24(40)19-43-31-30(27-17-23(34)12-14-29(27)41)26-16-22(33(35,36)37)11-13-28(26)38-32(31)42/h2-4,6-8,10-14,16-17,41H,5,9,15,18-19H2,1H3,(H,38,42). The van der Waals surface area contributed by atoms with E-state index in [0.717, 1.165) is 30.4 Å². The molecule has 0 radical (unpaired) electrons. The second-order valence-electron chi connectivity index (χ2n) is 10.4. The number of aromatic nitrogens is 1. The van der Waals surface area contributed by atoms with Gasteiger partial charge in [-0.25, -0.2) is 0 Å². The van der Waals surface area contributed by atoms with Crippen molar-refractivity contribution in [2.24, 2.45) is 0 Å². The van der Waals surface area contributed by atoms with E-state index in [4.69, 9.17) is 11.6 Å². The highest BCUT2D eigenvalue weighted by Gasteiger charge is 2.31. The largest absolute Gasteiger partial charge is 0.507 e. The quantitative estimate of drug-likeness (QED) is 0.153. The minimum Gasteiger partial charge on any atom is -0.507 e. The molecule has 0 aliphatic carbocycles. The summed E-state index contributed by atoms with van der Waals surface area (Å²) in [5.74, 6) is -0.418. The van der Waals surface area contributed by atoms with Crippen LogP contribution >= 0.6 is 23.4 Å². The molecule has 10 heteroatoms. The highest BCUT2D eigenvalue weighted by atomic mass is 35.5. The Kier molecular flexibility index (Phi) is 9.15. The first-order valence-electron chi connectivity index (χ1n) is 13.6. The Morgan fingerprint density at radius 1 is 1.00 bits per heavy atom. The molecule has 0 atom stereocenters. The lowest BCUT2D eigenvalue weighted by molar-refractivity contribution is -0.137. The summed E-state index contributed by atoms with van der Waals surface area (Å²) in [6.07, 6.45) is -3.75. The normalized spacial score (nSPS) is 12.0. The number of phenols is 1. The molecule has 5 rings (SSSR count). The number of ketones is 1. The van der Waals surface area contributed by atoms with Crippen molar-refractivity contribution in [2.75, 3.05) is 19.3 Å². The third-order valence-corrected chi connectivity index (χ3v) is 8.60. The first-order valence-corrected chi connectivity index (χ1v) is 14.9. The zero-order valence-electron chi connectivity index (χ0n) is 23.2. The number of hydrogen-bond acceptors (Lipinski definition) is 5. The maximum atomic E-state index is 13.6. The number of carbonyl (C=O) groups excluding carboxylic acids is 1. The zero-order valence-corrected chi connectivity index (χ0v) is 24.7. The Hall–Kier alpha value is -3.79. The molecule has 2 N–H and O–H groups in total. The fourth-order valence-electron chi connectivity index (χ4n) is 5.14. The average molecular weight is 625 g/mol. The summed E-state index contributed by atoms with van der Waals surface area (Å²) in [6.45, 7) is 1.40. The molecule has 0 aliphatic heterocycles. The number of Topliss-reactive ketones (excluding diaryl/α,β-unsaturated/α-hetero) is 1. The summed E-state index contributed by atoms with van der Waals surface area (Å²) in [7, 11) is 1.99. The lowest BCUT2D eigenvalue weighted by Gasteiger charge is -2.18. The van der Waals surface area contributed by atoms with Crippen LogP contribution in [-0.4, -0.2) is 40.1 Å². The molecule has 0 saturated heterocycles. The van der Waals surface area contributed by atoms with Crippen molar-refractivity contribution in [3.63, 3.8) is 0 Å². The van der Waals surface area contributed by atoms with E-state index in [-0.39, 0.29) is 55.7 Å². The number of aromatic hydroxyl groups is 1. The molecule has 5 aromatic rings. The van der Waals surface area contributed by atoms with Crippen LogP contribution in [0.4, 0.5) is 13.2 Å². The molecule has 0 amide bonds. The number of fused-ring (bicyclic) bond motifs is 2. The van der Waals surface area contributed by atoms with Gasteiger partial charge in [-0.05, 0) is 72.7 Å². The van der Waals surface area contributed by atoms with Gasteiger partial charge in [0.05, 0.1) is 16.2 Å². The molecule has 0 saturated carbocycles. The lowest BCUT2D eigenvalue weighted by atomic mass is 9.98. The highest BCUT2D eigenvalue weighted by molar-refractivity contribution is 8.00. The van der Waals surface area contributed by atoms with Crippen LogP contribution in [0.2, 0.25) is 5.02 Å². The topological polar surface area (TPSA) is 73.4 Å². The lowest BCUT2D eigenvalue weighted by Crippen LogP contribution is -2.20. The molecular weight excluding hydrogens is 597 g/mol. The Labute approximate surface area is 255 Å². The molecule has 0 aliphatic rings. The Balaban J connectivity index is 1.33. The number of rotatable bonds is 10. The van der Waals surface area contributed by atoms with Crippen LogP contribution in [-0.2, 0) is 17.5 Å². The predicted molar refractivity (Wildman–Crippen MR) is 167 cm³/mol. The van der Waals surface area contributed by atoms with Crippen molar-refractivity contribution >= 4 is 50.8 Å². The molecule has 1 aromatic heterocycles. The maximum absolute atomic E-state index is 13.6. The number of H-pyrrole nitrogens is 1. The van der Waals surface area contributed by atoms with E-state index in [1.807, 2.05) is 25.2 Å². The van der Waals surface area contributed by atoms with Crippen LogP contribution in [0.1, 0.15) is 24.0 Å². The number of pyridine rings is 1. The number of halogens is 4. The second kappa shape index (κ2) is 12.8. The summed E-state index contributed by atoms with van der Waals surface area (Å²) in [6, 6.07) is 21.5. The minimum absolute atomic E-state index is 0.0332. The van der Waals surface area contributed by atoms with Crippen molar-refractivity contribution < 1.29 is 23.1 Å². The van der Waals surface area contributed by atoms with Crippen LogP contribution in [0.3, 0.4) is 0 Å². The van der Waals surface area contributed by atoms with E-state index in [1.165, 1.54) is 40.6 Å². The van der Waals surface area contributed by atoms with Crippen LogP contribution in [0.15, 0.2) is 88.6 Å². The molecule has 1 heterocycles. The first-order chi connectivity index (χ1) is 20.5. The number of phenolic OH excluding ortho intramolecular Hbond substituents is 1. The van der Waals surface area contributed by atoms with Gasteiger partial charge in [0.15, 0.2) is 0 Å². The second-order valence-corrected chi connectivity index (χ2v) is 11.8. The van der Waals surface area contributed by atoms with E-state index in [2.05, 4.69) is 34.1 Å². The molecule has 0 fully saturated rings. The monoisotopic (exact) mass is 624 g/mol. The van der Waals surface area contributed by atoms with Gasteiger partial charge < -0.3 is 15.0 Å². The van der Waals surface area contributed by atoms with E-state index in [0.29, 0.717) is 13.0 Å². The fourth-order valence-corrected chi connectivity index (χ4v) is 6.30. The molecule has 0 unspecified atom stereocenters. The molecule has 43 heavy (non-hydrogen) atoms. The van der Waals surface area contributed by atoms with Gasteiger partial charge in [0.1, 0.15) is 11.5 Å². The number of nitrogens with zero attached hydrogens (tertiary/aromatic N) is 1. The maximum Gasteiger partial charge on any atom is 0.416 e. The summed E-state index contributed by atoms with van der Waals surface area (Å²) < 4.78 is 40.8. The summed E-state index contributed by atoms with van der Waals surface area (Å²) in [5.41, 5.74) is 0.0786. The minimum atomic E-state index is -4.62. The van der Waals surface area contributed by atoms with E-state index >= 15 is 0 Å². The number of aromatic amines is 1. The van der Waals surface area contributed by atoms with Gasteiger partial charge >= 0.3 is 6.18 Å². The van der Waals surface area contributed by atoms with Gasteiger partial charge in [0, 0.05) is 40.0 Å². The van der Waals surface area contributed by atoms with Crippen molar-refractivity contribution in [3.8, 4) is 16.9 Å². The van der Waals surface area contributed by atoms with Crippen molar-refractivity contribution in [1.82, 2.24) is 9.88 Å². The Bertz CT molecular complexity index is 1870. The first kappa shape index (κ1) is 30.7. The van der Waals surface area contributed by atoms with Gasteiger partial charge in [-0.15, -0.1) is 11.8 Å². The van der Waals surface area contributed by atoms with Gasteiger partial charge in [0.25, 0.3) is 5.56 Å². The number of hydrogen-bond donors (Lipinski definition) is 2.